The van der Waals surface area contributed by atoms with Gasteiger partial charge in [-0.2, -0.15) is 0 Å². The van der Waals surface area contributed by atoms with Crippen LogP contribution in [0.3, 0.4) is 0 Å². The van der Waals surface area contributed by atoms with E-state index in [1.807, 2.05) is 19.9 Å². The summed E-state index contributed by atoms with van der Waals surface area (Å²) < 4.78 is 16.7. The Kier molecular flexibility index (Phi) is 8.98. The lowest BCUT2D eigenvalue weighted by Crippen LogP contribution is -2.38. The number of esters is 1. The summed E-state index contributed by atoms with van der Waals surface area (Å²) in [7, 11) is 1.35. The number of nitrogens with zero attached hydrogens (tertiary/aromatic N) is 2. The second-order valence-corrected chi connectivity index (χ2v) is 10.6. The maximum absolute atomic E-state index is 13.9. The van der Waals surface area contributed by atoms with Gasteiger partial charge in [-0.05, 0) is 61.9 Å². The largest absolute Gasteiger partial charge is 0.477 e. The normalized spacial score (nSPS) is 18.1. The Balaban J connectivity index is 1.69. The average Bonchev–Trinajstić information content (AvgIpc) is 3.39. The van der Waals surface area contributed by atoms with Crippen LogP contribution >= 0.6 is 23.2 Å². The zero-order valence-corrected chi connectivity index (χ0v) is 23.4. The molecular weight excluding hydrogens is 515 g/mol. The number of hydrogen-bond acceptors (Lipinski definition) is 6. The first-order valence-electron chi connectivity index (χ1n) is 12.8. The van der Waals surface area contributed by atoms with Crippen LogP contribution in [0.15, 0.2) is 12.1 Å². The maximum Gasteiger partial charge on any atom is 0.313 e. The standard InChI is InChI=1S/C28H34Cl2N2O5/c1-5-6-10-37-26-21(16(2)12-17(3)31-26)14-32-9-7-19-22(29)13-20(25(30)24(19)27(32)33)23(28(34)35-4)18-8-11-36-15-18/h12-13,18,23H,5-11,14-15H2,1-4H3. The fourth-order valence-electron chi connectivity index (χ4n) is 5.19. The van der Waals surface area contributed by atoms with Crippen LogP contribution in [0, 0.1) is 19.8 Å². The molecule has 0 saturated carbocycles. The molecule has 1 saturated heterocycles. The first-order chi connectivity index (χ1) is 17.8. The summed E-state index contributed by atoms with van der Waals surface area (Å²) in [5.41, 5.74) is 4.34. The van der Waals surface area contributed by atoms with Crippen LogP contribution in [-0.2, 0) is 27.2 Å². The van der Waals surface area contributed by atoms with Crippen molar-refractivity contribution in [3.63, 3.8) is 0 Å². The molecule has 37 heavy (non-hydrogen) atoms. The monoisotopic (exact) mass is 548 g/mol. The zero-order valence-electron chi connectivity index (χ0n) is 21.9. The molecule has 0 N–H and O–H groups in total. The Bertz CT molecular complexity index is 1180. The van der Waals surface area contributed by atoms with Gasteiger partial charge in [-0.3, -0.25) is 9.59 Å². The Hall–Kier alpha value is -2.35. The number of benzene rings is 1. The molecule has 1 amide bonds. The van der Waals surface area contributed by atoms with Crippen LogP contribution in [-0.4, -0.2) is 55.2 Å². The molecule has 0 aliphatic carbocycles. The minimum absolute atomic E-state index is 0.0991. The highest BCUT2D eigenvalue weighted by Gasteiger charge is 2.39. The molecule has 4 rings (SSSR count). The van der Waals surface area contributed by atoms with Crippen molar-refractivity contribution >= 4 is 35.1 Å². The van der Waals surface area contributed by atoms with Crippen molar-refractivity contribution < 1.29 is 23.8 Å². The van der Waals surface area contributed by atoms with Crippen LogP contribution in [0.1, 0.15) is 70.4 Å². The van der Waals surface area contributed by atoms with Gasteiger partial charge in [0.1, 0.15) is 0 Å². The van der Waals surface area contributed by atoms with Crippen LogP contribution in [0.4, 0.5) is 0 Å². The van der Waals surface area contributed by atoms with E-state index >= 15 is 0 Å². The Morgan fingerprint density at radius 3 is 2.76 bits per heavy atom. The molecule has 0 radical (unpaired) electrons. The highest BCUT2D eigenvalue weighted by Crippen LogP contribution is 2.42. The van der Waals surface area contributed by atoms with Gasteiger partial charge in [0.15, 0.2) is 0 Å². The smallest absolute Gasteiger partial charge is 0.313 e. The molecule has 7 nitrogen and oxygen atoms in total. The minimum Gasteiger partial charge on any atom is -0.477 e. The third-order valence-electron chi connectivity index (χ3n) is 7.23. The first-order valence-corrected chi connectivity index (χ1v) is 13.6. The number of unbranched alkanes of at least 4 members (excludes halogenated alkanes) is 1. The third kappa shape index (κ3) is 5.74. The number of pyridine rings is 1. The lowest BCUT2D eigenvalue weighted by molar-refractivity contribution is -0.143. The van der Waals surface area contributed by atoms with E-state index in [0.29, 0.717) is 73.3 Å². The number of halogens is 2. The summed E-state index contributed by atoms with van der Waals surface area (Å²) in [6, 6.07) is 3.72. The number of carbonyl (C=O) groups is 2. The van der Waals surface area contributed by atoms with Gasteiger partial charge in [0.05, 0.1) is 43.4 Å². The van der Waals surface area contributed by atoms with E-state index < -0.39 is 11.9 Å². The van der Waals surface area contributed by atoms with E-state index in [9.17, 15) is 9.59 Å². The number of rotatable bonds is 9. The van der Waals surface area contributed by atoms with Crippen molar-refractivity contribution in [2.75, 3.05) is 33.5 Å². The molecule has 2 aliphatic rings. The Morgan fingerprint density at radius 1 is 1.30 bits per heavy atom. The number of carbonyl (C=O) groups excluding carboxylic acids is 2. The highest BCUT2D eigenvalue weighted by atomic mass is 35.5. The van der Waals surface area contributed by atoms with Crippen molar-refractivity contribution in [2.45, 2.75) is 58.9 Å². The molecule has 1 fully saturated rings. The second-order valence-electron chi connectivity index (χ2n) is 9.78. The van der Waals surface area contributed by atoms with Crippen LogP contribution in [0.5, 0.6) is 5.88 Å². The number of ether oxygens (including phenoxy) is 3. The molecule has 0 spiro atoms. The zero-order chi connectivity index (χ0) is 26.7. The quantitative estimate of drug-likeness (QED) is 0.296. The minimum atomic E-state index is -0.659. The summed E-state index contributed by atoms with van der Waals surface area (Å²) >= 11 is 13.6. The Morgan fingerprint density at radius 2 is 2.08 bits per heavy atom. The van der Waals surface area contributed by atoms with Crippen molar-refractivity contribution in [3.05, 3.63) is 55.7 Å². The van der Waals surface area contributed by atoms with Gasteiger partial charge in [0.2, 0.25) is 5.88 Å². The molecule has 2 aliphatic heterocycles. The van der Waals surface area contributed by atoms with Gasteiger partial charge < -0.3 is 19.1 Å². The molecule has 1 aromatic heterocycles. The molecule has 0 bridgehead atoms. The van der Waals surface area contributed by atoms with Gasteiger partial charge in [-0.1, -0.05) is 36.5 Å². The second kappa shape index (κ2) is 12.0. The fraction of sp³-hybridized carbons (Fsp3) is 0.536. The Labute approximate surface area is 228 Å². The van der Waals surface area contributed by atoms with E-state index in [4.69, 9.17) is 37.4 Å². The number of hydrogen-bond donors (Lipinski definition) is 0. The summed E-state index contributed by atoms with van der Waals surface area (Å²) in [5, 5.41) is 0.696. The average molecular weight is 549 g/mol. The molecule has 9 heteroatoms. The maximum atomic E-state index is 13.9. The van der Waals surface area contributed by atoms with Crippen molar-refractivity contribution in [2.24, 2.45) is 5.92 Å². The van der Waals surface area contributed by atoms with Crippen molar-refractivity contribution in [3.8, 4) is 5.88 Å². The first kappa shape index (κ1) is 27.7. The van der Waals surface area contributed by atoms with Crippen LogP contribution < -0.4 is 4.74 Å². The number of aromatic nitrogens is 1. The van der Waals surface area contributed by atoms with Crippen LogP contribution in [0.25, 0.3) is 0 Å². The van der Waals surface area contributed by atoms with Gasteiger partial charge >= 0.3 is 5.97 Å². The molecule has 2 atom stereocenters. The predicted octanol–water partition coefficient (Wildman–Crippen LogP) is 5.68. The van der Waals surface area contributed by atoms with Gasteiger partial charge in [0.25, 0.3) is 5.91 Å². The number of methoxy groups -OCH3 is 1. The molecule has 2 unspecified atom stereocenters. The van der Waals surface area contributed by atoms with Gasteiger partial charge in [-0.25, -0.2) is 4.98 Å². The highest BCUT2D eigenvalue weighted by molar-refractivity contribution is 6.37. The van der Waals surface area contributed by atoms with Crippen molar-refractivity contribution in [1.82, 2.24) is 9.88 Å². The van der Waals surface area contributed by atoms with E-state index in [1.165, 1.54) is 7.11 Å². The molecule has 3 heterocycles. The molecule has 200 valence electrons. The van der Waals surface area contributed by atoms with E-state index in [-0.39, 0.29) is 16.8 Å². The SMILES string of the molecule is CCCCOc1nc(C)cc(C)c1CN1CCc2c(Cl)cc(C(C(=O)OC)C3CCOC3)c(Cl)c2C1=O. The fourth-order valence-corrected chi connectivity index (χ4v) is 5.87. The lowest BCUT2D eigenvalue weighted by Gasteiger charge is -2.32. The molecule has 1 aromatic carbocycles. The molecule has 2 aromatic rings. The molecular formula is C28H34Cl2N2O5. The van der Waals surface area contributed by atoms with Crippen molar-refractivity contribution in [1.29, 1.82) is 0 Å². The topological polar surface area (TPSA) is 78.0 Å². The number of amides is 1. The van der Waals surface area contributed by atoms with Gasteiger partial charge in [0, 0.05) is 35.3 Å². The number of aryl methyl sites for hydroxylation is 2. The third-order valence-corrected chi connectivity index (χ3v) is 7.97. The summed E-state index contributed by atoms with van der Waals surface area (Å²) in [6.45, 7) is 8.43. The predicted molar refractivity (Wildman–Crippen MR) is 143 cm³/mol. The van der Waals surface area contributed by atoms with E-state index in [0.717, 1.165) is 29.7 Å². The lowest BCUT2D eigenvalue weighted by atomic mass is 9.83. The van der Waals surface area contributed by atoms with Gasteiger partial charge in [-0.15, -0.1) is 0 Å². The summed E-state index contributed by atoms with van der Waals surface area (Å²) in [4.78, 5) is 33.1. The summed E-state index contributed by atoms with van der Waals surface area (Å²) in [6.07, 6.45) is 3.20. The van der Waals surface area contributed by atoms with Crippen LogP contribution in [0.2, 0.25) is 10.0 Å². The number of fused-ring (bicyclic) bond motifs is 1. The summed E-state index contributed by atoms with van der Waals surface area (Å²) in [5.74, 6) is -0.829. The van der Waals surface area contributed by atoms with E-state index in [1.54, 1.807) is 11.0 Å². The van der Waals surface area contributed by atoms with E-state index in [2.05, 4.69) is 11.9 Å².